The van der Waals surface area contributed by atoms with Crippen LogP contribution in [0.15, 0.2) is 108 Å². The molecule has 0 aliphatic carbocycles. The van der Waals surface area contributed by atoms with E-state index in [1.165, 1.54) is 11.8 Å². The van der Waals surface area contributed by atoms with Gasteiger partial charge in [0.25, 0.3) is 11.8 Å². The Morgan fingerprint density at radius 2 is 1.59 bits per heavy atom. The maximum atomic E-state index is 13.2. The maximum absolute atomic E-state index is 13.2. The van der Waals surface area contributed by atoms with Crippen LogP contribution in [-0.4, -0.2) is 23.5 Å². The fourth-order valence-corrected chi connectivity index (χ4v) is 4.96. The molecule has 0 saturated carbocycles. The van der Waals surface area contributed by atoms with E-state index in [9.17, 15) is 14.4 Å². The molecule has 0 aliphatic rings. The lowest BCUT2D eigenvalue weighted by Crippen LogP contribution is -2.30. The highest BCUT2D eigenvalue weighted by Crippen LogP contribution is 2.24. The minimum absolute atomic E-state index is 0.0684. The molecule has 6 nitrogen and oxygen atoms in total. The second-order valence-corrected chi connectivity index (χ2v) is 10.7. The molecule has 3 amide bonds. The van der Waals surface area contributed by atoms with Crippen LogP contribution < -0.4 is 16.0 Å². The topological polar surface area (TPSA) is 87.3 Å². The van der Waals surface area contributed by atoms with Gasteiger partial charge in [0.1, 0.15) is 5.70 Å². The average molecular weight is 584 g/mol. The van der Waals surface area contributed by atoms with Gasteiger partial charge in [-0.25, -0.2) is 0 Å². The summed E-state index contributed by atoms with van der Waals surface area (Å²) in [5.41, 5.74) is 4.72. The van der Waals surface area contributed by atoms with Crippen LogP contribution >= 0.6 is 23.4 Å². The predicted molar refractivity (Wildman–Crippen MR) is 168 cm³/mol. The highest BCUT2D eigenvalue weighted by molar-refractivity contribution is 8.00. The summed E-state index contributed by atoms with van der Waals surface area (Å²) >= 11 is 7.52. The molecule has 0 saturated heterocycles. The minimum Gasteiger partial charge on any atom is -0.325 e. The molecule has 8 heteroatoms. The summed E-state index contributed by atoms with van der Waals surface area (Å²) in [6.07, 6.45) is 2.41. The molecule has 41 heavy (non-hydrogen) atoms. The molecular formula is C33H30ClN3O3S. The number of amides is 3. The lowest BCUT2D eigenvalue weighted by Gasteiger charge is -2.13. The number of rotatable bonds is 10. The zero-order chi connectivity index (χ0) is 29.2. The molecule has 4 aromatic carbocycles. The number of carbonyl (C=O) groups excluding carboxylic acids is 3. The standard InChI is InChI=1S/C33H30ClN3O3S/c1-3-24-13-7-9-22(2)31(24)37-30(38)21-41-28-17-15-27(16-18-28)35-33(40)29(20-23-10-8-14-26(34)19-23)36-32(39)25-11-5-4-6-12-25/h4-20H,3,21H2,1-2H3,(H,35,40)(H,36,39)(H,37,38)/b29-20-. The molecule has 4 rings (SSSR count). The van der Waals surface area contributed by atoms with Gasteiger partial charge in [0.05, 0.1) is 5.75 Å². The molecule has 0 spiro atoms. The summed E-state index contributed by atoms with van der Waals surface area (Å²) in [5.74, 6) is -0.725. The third-order valence-corrected chi connectivity index (χ3v) is 7.42. The molecule has 208 valence electrons. The van der Waals surface area contributed by atoms with Crippen molar-refractivity contribution in [2.75, 3.05) is 16.4 Å². The largest absolute Gasteiger partial charge is 0.325 e. The van der Waals surface area contributed by atoms with Crippen molar-refractivity contribution in [2.45, 2.75) is 25.2 Å². The number of hydrogen-bond acceptors (Lipinski definition) is 4. The van der Waals surface area contributed by atoms with Crippen LogP contribution in [0.5, 0.6) is 0 Å². The van der Waals surface area contributed by atoms with Gasteiger partial charge < -0.3 is 16.0 Å². The third-order valence-electron chi connectivity index (χ3n) is 6.18. The summed E-state index contributed by atoms with van der Waals surface area (Å²) in [4.78, 5) is 39.6. The van der Waals surface area contributed by atoms with Crippen LogP contribution in [0.2, 0.25) is 5.02 Å². The van der Waals surface area contributed by atoms with Crippen molar-refractivity contribution in [3.63, 3.8) is 0 Å². The fourth-order valence-electron chi connectivity index (χ4n) is 4.06. The Kier molecular flexibility index (Phi) is 10.4. The molecule has 0 aliphatic heterocycles. The molecule has 0 radical (unpaired) electrons. The lowest BCUT2D eigenvalue weighted by atomic mass is 10.1. The summed E-state index contributed by atoms with van der Waals surface area (Å²) in [6, 6.07) is 28.8. The number of hydrogen-bond donors (Lipinski definition) is 3. The van der Waals surface area contributed by atoms with E-state index in [2.05, 4.69) is 22.9 Å². The van der Waals surface area contributed by atoms with E-state index in [1.54, 1.807) is 66.7 Å². The molecular weight excluding hydrogens is 554 g/mol. The Bertz CT molecular complexity index is 1570. The first kappa shape index (κ1) is 29.6. The van der Waals surface area contributed by atoms with Crippen LogP contribution in [0.1, 0.15) is 34.0 Å². The lowest BCUT2D eigenvalue weighted by molar-refractivity contribution is -0.114. The van der Waals surface area contributed by atoms with Gasteiger partial charge in [-0.05, 0) is 84.6 Å². The van der Waals surface area contributed by atoms with Gasteiger partial charge in [-0.1, -0.05) is 67.1 Å². The average Bonchev–Trinajstić information content (AvgIpc) is 2.98. The molecule has 0 bridgehead atoms. The number of aryl methyl sites for hydroxylation is 2. The van der Waals surface area contributed by atoms with Gasteiger partial charge in [-0.3, -0.25) is 14.4 Å². The monoisotopic (exact) mass is 583 g/mol. The highest BCUT2D eigenvalue weighted by atomic mass is 35.5. The van der Waals surface area contributed by atoms with Crippen molar-refractivity contribution in [2.24, 2.45) is 0 Å². The number of benzene rings is 4. The fraction of sp³-hybridized carbons (Fsp3) is 0.121. The van der Waals surface area contributed by atoms with E-state index in [0.717, 1.165) is 28.1 Å². The summed E-state index contributed by atoms with van der Waals surface area (Å²) in [7, 11) is 0. The quantitative estimate of drug-likeness (QED) is 0.134. The van der Waals surface area contributed by atoms with E-state index >= 15 is 0 Å². The van der Waals surface area contributed by atoms with Crippen LogP contribution in [0.25, 0.3) is 6.08 Å². The van der Waals surface area contributed by atoms with Crippen LogP contribution in [0, 0.1) is 6.92 Å². The van der Waals surface area contributed by atoms with Crippen LogP contribution in [0.3, 0.4) is 0 Å². The van der Waals surface area contributed by atoms with Crippen molar-refractivity contribution >= 4 is 58.5 Å². The van der Waals surface area contributed by atoms with Gasteiger partial charge in [-0.2, -0.15) is 0 Å². The van der Waals surface area contributed by atoms with E-state index in [-0.39, 0.29) is 17.4 Å². The number of carbonyl (C=O) groups is 3. The number of halogens is 1. The molecule has 0 fully saturated rings. The molecule has 0 aromatic heterocycles. The molecule has 0 atom stereocenters. The van der Waals surface area contributed by atoms with Gasteiger partial charge in [0.15, 0.2) is 0 Å². The van der Waals surface area contributed by atoms with Gasteiger partial charge in [0, 0.05) is 26.9 Å². The maximum Gasteiger partial charge on any atom is 0.272 e. The number of thioether (sulfide) groups is 1. The molecule has 0 unspecified atom stereocenters. The zero-order valence-corrected chi connectivity index (χ0v) is 24.3. The van der Waals surface area contributed by atoms with Crippen molar-refractivity contribution in [3.05, 3.63) is 130 Å². The first-order valence-electron chi connectivity index (χ1n) is 13.1. The first-order valence-corrected chi connectivity index (χ1v) is 14.4. The van der Waals surface area contributed by atoms with Gasteiger partial charge in [-0.15, -0.1) is 11.8 Å². The normalized spacial score (nSPS) is 11.0. The number of anilines is 2. The Labute approximate surface area is 249 Å². The van der Waals surface area contributed by atoms with E-state index in [4.69, 9.17) is 11.6 Å². The zero-order valence-electron chi connectivity index (χ0n) is 22.7. The summed E-state index contributed by atoms with van der Waals surface area (Å²) < 4.78 is 0. The second kappa shape index (κ2) is 14.3. The van der Waals surface area contributed by atoms with Crippen molar-refractivity contribution in [3.8, 4) is 0 Å². The number of nitrogens with one attached hydrogen (secondary N) is 3. The summed E-state index contributed by atoms with van der Waals surface area (Å²) in [6.45, 7) is 4.05. The summed E-state index contributed by atoms with van der Waals surface area (Å²) in [5, 5.41) is 9.10. The molecule has 0 heterocycles. The Balaban J connectivity index is 1.41. The minimum atomic E-state index is -0.487. The smallest absolute Gasteiger partial charge is 0.272 e. The number of para-hydroxylation sites is 1. The van der Waals surface area contributed by atoms with Gasteiger partial charge in [0.2, 0.25) is 5.91 Å². The van der Waals surface area contributed by atoms with E-state index in [1.807, 2.05) is 43.3 Å². The van der Waals surface area contributed by atoms with E-state index in [0.29, 0.717) is 21.8 Å². The SMILES string of the molecule is CCc1cccc(C)c1NC(=O)CSc1ccc(NC(=O)/C(=C/c2cccc(Cl)c2)NC(=O)c2ccccc2)cc1. The van der Waals surface area contributed by atoms with Crippen molar-refractivity contribution in [1.82, 2.24) is 5.32 Å². The Morgan fingerprint density at radius 1 is 0.854 bits per heavy atom. The first-order chi connectivity index (χ1) is 19.8. The van der Waals surface area contributed by atoms with Crippen molar-refractivity contribution in [1.29, 1.82) is 0 Å². The molecule has 3 N–H and O–H groups in total. The predicted octanol–water partition coefficient (Wildman–Crippen LogP) is 7.35. The second-order valence-electron chi connectivity index (χ2n) is 9.21. The van der Waals surface area contributed by atoms with Crippen LogP contribution in [0.4, 0.5) is 11.4 Å². The van der Waals surface area contributed by atoms with E-state index < -0.39 is 11.8 Å². The van der Waals surface area contributed by atoms with Gasteiger partial charge >= 0.3 is 0 Å². The highest BCUT2D eigenvalue weighted by Gasteiger charge is 2.15. The third kappa shape index (κ3) is 8.58. The Morgan fingerprint density at radius 3 is 2.29 bits per heavy atom. The van der Waals surface area contributed by atoms with Crippen LogP contribution in [-0.2, 0) is 16.0 Å². The Hall–Kier alpha value is -4.33. The molecule has 4 aromatic rings. The van der Waals surface area contributed by atoms with Crippen molar-refractivity contribution < 1.29 is 14.4 Å².